The van der Waals surface area contributed by atoms with Crippen molar-refractivity contribution in [3.8, 4) is 11.6 Å². The zero-order chi connectivity index (χ0) is 12.3. The van der Waals surface area contributed by atoms with E-state index in [1.165, 1.54) is 0 Å². The summed E-state index contributed by atoms with van der Waals surface area (Å²) in [5.41, 5.74) is 7.52. The van der Waals surface area contributed by atoms with Gasteiger partial charge in [-0.05, 0) is 25.5 Å². The number of aryl methyl sites for hydroxylation is 2. The van der Waals surface area contributed by atoms with Crippen molar-refractivity contribution < 1.29 is 4.74 Å². The van der Waals surface area contributed by atoms with Crippen molar-refractivity contribution in [1.82, 2.24) is 14.8 Å². The topological polar surface area (TPSA) is 66.0 Å². The molecule has 90 valence electrons. The molecule has 0 saturated heterocycles. The third kappa shape index (κ3) is 2.62. The molecular weight excluding hydrogens is 216 g/mol. The maximum absolute atomic E-state index is 5.66. The van der Waals surface area contributed by atoms with Crippen LogP contribution < -0.4 is 10.5 Å². The third-order valence-corrected chi connectivity index (χ3v) is 2.47. The monoisotopic (exact) mass is 232 g/mol. The number of hydrogen-bond donors (Lipinski definition) is 1. The molecule has 2 rings (SSSR count). The van der Waals surface area contributed by atoms with Gasteiger partial charge in [-0.25, -0.2) is 4.98 Å². The molecule has 0 saturated carbocycles. The zero-order valence-electron chi connectivity index (χ0n) is 10.1. The van der Waals surface area contributed by atoms with E-state index in [1.807, 2.05) is 26.1 Å². The summed E-state index contributed by atoms with van der Waals surface area (Å²) in [6, 6.07) is 1.98. The number of rotatable bonds is 4. The summed E-state index contributed by atoms with van der Waals surface area (Å²) in [5.74, 6) is 1.29. The van der Waals surface area contributed by atoms with Crippen molar-refractivity contribution in [3.63, 3.8) is 0 Å². The first kappa shape index (κ1) is 11.6. The van der Waals surface area contributed by atoms with E-state index in [0.717, 1.165) is 17.7 Å². The average molecular weight is 232 g/mol. The van der Waals surface area contributed by atoms with Gasteiger partial charge in [0.15, 0.2) is 5.75 Å². The molecule has 0 aliphatic heterocycles. The molecule has 2 N–H and O–H groups in total. The van der Waals surface area contributed by atoms with Crippen LogP contribution in [0.15, 0.2) is 24.7 Å². The molecule has 0 spiro atoms. The lowest BCUT2D eigenvalue weighted by atomic mass is 10.2. The van der Waals surface area contributed by atoms with Crippen LogP contribution in [0.5, 0.6) is 11.6 Å². The van der Waals surface area contributed by atoms with E-state index in [0.29, 0.717) is 18.2 Å². The number of aromatic nitrogens is 3. The molecular formula is C12H16N4O. The van der Waals surface area contributed by atoms with Crippen molar-refractivity contribution in [2.75, 3.05) is 0 Å². The second-order valence-electron chi connectivity index (χ2n) is 3.80. The van der Waals surface area contributed by atoms with Crippen LogP contribution in [0.3, 0.4) is 0 Å². The van der Waals surface area contributed by atoms with Crippen LogP contribution in [0.1, 0.15) is 18.1 Å². The van der Waals surface area contributed by atoms with Gasteiger partial charge in [0.25, 0.3) is 0 Å². The predicted octanol–water partition coefficient (Wildman–Crippen LogP) is 1.86. The van der Waals surface area contributed by atoms with Crippen LogP contribution >= 0.6 is 0 Å². The van der Waals surface area contributed by atoms with E-state index >= 15 is 0 Å². The van der Waals surface area contributed by atoms with E-state index in [2.05, 4.69) is 10.1 Å². The molecule has 0 aromatic carbocycles. The van der Waals surface area contributed by atoms with E-state index < -0.39 is 0 Å². The molecule has 0 radical (unpaired) electrons. The first-order valence-corrected chi connectivity index (χ1v) is 5.58. The van der Waals surface area contributed by atoms with Crippen LogP contribution in [0.2, 0.25) is 0 Å². The lowest BCUT2D eigenvalue weighted by Crippen LogP contribution is -1.99. The maximum Gasteiger partial charge on any atom is 0.222 e. The van der Waals surface area contributed by atoms with Gasteiger partial charge in [-0.1, -0.05) is 0 Å². The van der Waals surface area contributed by atoms with Gasteiger partial charge < -0.3 is 10.5 Å². The first-order chi connectivity index (χ1) is 8.22. The van der Waals surface area contributed by atoms with E-state index in [9.17, 15) is 0 Å². The molecule has 0 amide bonds. The minimum atomic E-state index is 0.488. The molecule has 0 unspecified atom stereocenters. The predicted molar refractivity (Wildman–Crippen MR) is 64.8 cm³/mol. The molecule has 0 bridgehead atoms. The van der Waals surface area contributed by atoms with Crippen molar-refractivity contribution in [2.24, 2.45) is 5.73 Å². The Morgan fingerprint density at radius 2 is 2.24 bits per heavy atom. The number of hydrogen-bond acceptors (Lipinski definition) is 4. The smallest absolute Gasteiger partial charge is 0.222 e. The van der Waals surface area contributed by atoms with Gasteiger partial charge in [-0.3, -0.25) is 4.68 Å². The second kappa shape index (κ2) is 4.97. The van der Waals surface area contributed by atoms with Crippen molar-refractivity contribution in [1.29, 1.82) is 0 Å². The van der Waals surface area contributed by atoms with Gasteiger partial charge in [-0.15, -0.1) is 0 Å². The zero-order valence-corrected chi connectivity index (χ0v) is 10.1. The Bertz CT molecular complexity index is 507. The highest BCUT2D eigenvalue weighted by molar-refractivity contribution is 5.31. The second-order valence-corrected chi connectivity index (χ2v) is 3.80. The van der Waals surface area contributed by atoms with Crippen LogP contribution in [0.4, 0.5) is 0 Å². The Morgan fingerprint density at radius 3 is 2.82 bits per heavy atom. The lowest BCUT2D eigenvalue weighted by Gasteiger charge is -2.06. The molecule has 0 fully saturated rings. The Morgan fingerprint density at radius 1 is 1.41 bits per heavy atom. The normalized spacial score (nSPS) is 10.5. The molecule has 0 atom stereocenters. The summed E-state index contributed by atoms with van der Waals surface area (Å²) in [7, 11) is 0. The fraction of sp³-hybridized carbons (Fsp3) is 0.333. The third-order valence-electron chi connectivity index (χ3n) is 2.47. The summed E-state index contributed by atoms with van der Waals surface area (Å²) in [6.45, 7) is 5.28. The molecule has 0 aliphatic carbocycles. The summed E-state index contributed by atoms with van der Waals surface area (Å²) >= 11 is 0. The van der Waals surface area contributed by atoms with Gasteiger partial charge in [0.2, 0.25) is 5.88 Å². The summed E-state index contributed by atoms with van der Waals surface area (Å²) in [5, 5.41) is 4.14. The van der Waals surface area contributed by atoms with Crippen LogP contribution in [0, 0.1) is 6.92 Å². The number of pyridine rings is 1. The molecule has 17 heavy (non-hydrogen) atoms. The van der Waals surface area contributed by atoms with Gasteiger partial charge in [0.05, 0.1) is 12.4 Å². The SMILES string of the molecule is CCn1cc(Oc2ncc(CN)cc2C)cn1. The molecule has 0 aliphatic rings. The van der Waals surface area contributed by atoms with Gasteiger partial charge in [-0.2, -0.15) is 5.10 Å². The van der Waals surface area contributed by atoms with E-state index in [1.54, 1.807) is 17.1 Å². The lowest BCUT2D eigenvalue weighted by molar-refractivity contribution is 0.457. The molecule has 2 heterocycles. The first-order valence-electron chi connectivity index (χ1n) is 5.58. The quantitative estimate of drug-likeness (QED) is 0.873. The number of nitrogens with two attached hydrogens (primary N) is 1. The Balaban J connectivity index is 2.18. The number of nitrogens with zero attached hydrogens (tertiary/aromatic N) is 3. The summed E-state index contributed by atoms with van der Waals surface area (Å²) in [4.78, 5) is 4.24. The van der Waals surface area contributed by atoms with Crippen molar-refractivity contribution in [2.45, 2.75) is 26.9 Å². The molecule has 2 aromatic rings. The fourth-order valence-electron chi connectivity index (χ4n) is 1.52. The number of ether oxygens (including phenoxy) is 1. The molecule has 5 nitrogen and oxygen atoms in total. The average Bonchev–Trinajstić information content (AvgIpc) is 2.79. The van der Waals surface area contributed by atoms with Crippen LogP contribution in [-0.4, -0.2) is 14.8 Å². The summed E-state index contributed by atoms with van der Waals surface area (Å²) in [6.07, 6.45) is 5.26. The minimum Gasteiger partial charge on any atom is -0.435 e. The van der Waals surface area contributed by atoms with Crippen molar-refractivity contribution >= 4 is 0 Å². The highest BCUT2D eigenvalue weighted by Gasteiger charge is 2.05. The van der Waals surface area contributed by atoms with Crippen LogP contribution in [-0.2, 0) is 13.1 Å². The largest absolute Gasteiger partial charge is 0.435 e. The Kier molecular flexibility index (Phi) is 3.39. The van der Waals surface area contributed by atoms with Gasteiger partial charge in [0.1, 0.15) is 0 Å². The van der Waals surface area contributed by atoms with Crippen LogP contribution in [0.25, 0.3) is 0 Å². The van der Waals surface area contributed by atoms with E-state index in [-0.39, 0.29) is 0 Å². The van der Waals surface area contributed by atoms with Crippen molar-refractivity contribution in [3.05, 3.63) is 35.8 Å². The maximum atomic E-state index is 5.66. The highest BCUT2D eigenvalue weighted by Crippen LogP contribution is 2.22. The molecule has 2 aromatic heterocycles. The Hall–Kier alpha value is -1.88. The Labute approximate surface area is 100 Å². The fourth-order valence-corrected chi connectivity index (χ4v) is 1.52. The highest BCUT2D eigenvalue weighted by atomic mass is 16.5. The van der Waals surface area contributed by atoms with Gasteiger partial charge >= 0.3 is 0 Å². The van der Waals surface area contributed by atoms with Gasteiger partial charge in [0, 0.05) is 24.8 Å². The molecule has 5 heteroatoms. The minimum absolute atomic E-state index is 0.488. The summed E-state index contributed by atoms with van der Waals surface area (Å²) < 4.78 is 7.46. The standard InChI is InChI=1S/C12H16N4O/c1-3-16-8-11(7-15-16)17-12-9(2)4-10(5-13)6-14-12/h4,6-8H,3,5,13H2,1-2H3. The van der Waals surface area contributed by atoms with E-state index in [4.69, 9.17) is 10.5 Å².